The van der Waals surface area contributed by atoms with Gasteiger partial charge in [-0.2, -0.15) is 0 Å². The minimum atomic E-state index is -0.674. The van der Waals surface area contributed by atoms with Crippen LogP contribution in [-0.4, -0.2) is 101 Å². The molecule has 1 saturated heterocycles. The van der Waals surface area contributed by atoms with Crippen LogP contribution >= 0.6 is 0 Å². The number of ether oxygens (including phenoxy) is 2. The zero-order valence-electron chi connectivity index (χ0n) is 20.8. The van der Waals surface area contributed by atoms with Gasteiger partial charge < -0.3 is 23.9 Å². The first kappa shape index (κ1) is 25.1. The molecule has 5 rings (SSSR count). The van der Waals surface area contributed by atoms with Gasteiger partial charge in [0, 0.05) is 51.7 Å². The Hall–Kier alpha value is -3.60. The smallest absolute Gasteiger partial charge is 0.341 e. The van der Waals surface area contributed by atoms with Crippen molar-refractivity contribution in [2.45, 2.75) is 13.3 Å². The van der Waals surface area contributed by atoms with E-state index in [1.54, 1.807) is 41.8 Å². The zero-order chi connectivity index (χ0) is 25.9. The van der Waals surface area contributed by atoms with Crippen molar-refractivity contribution in [3.8, 4) is 5.75 Å². The molecule has 0 bridgehead atoms. The number of esters is 1. The Labute approximate surface area is 214 Å². The lowest BCUT2D eigenvalue weighted by Crippen LogP contribution is -2.47. The van der Waals surface area contributed by atoms with Gasteiger partial charge in [0.2, 0.25) is 5.78 Å². The number of piperazine rings is 1. The van der Waals surface area contributed by atoms with Gasteiger partial charge in [-0.25, -0.2) is 4.79 Å². The molecule has 0 aromatic carbocycles. The van der Waals surface area contributed by atoms with Gasteiger partial charge in [-0.05, 0) is 37.6 Å². The number of β-amino-alcohol motifs (C(OH)–C–C–N with tert-alkyl or cyclic N) is 1. The van der Waals surface area contributed by atoms with Gasteiger partial charge in [0.25, 0.3) is 0 Å². The number of aliphatic hydroxyl groups is 1. The summed E-state index contributed by atoms with van der Waals surface area (Å²) in [6.45, 7) is 7.69. The van der Waals surface area contributed by atoms with Gasteiger partial charge in [0.15, 0.2) is 5.78 Å². The molecule has 0 saturated carbocycles. The van der Waals surface area contributed by atoms with Crippen LogP contribution in [-0.2, 0) is 4.74 Å². The zero-order valence-corrected chi connectivity index (χ0v) is 20.8. The summed E-state index contributed by atoms with van der Waals surface area (Å²) in [6, 6.07) is 6.60. The molecule has 1 fully saturated rings. The van der Waals surface area contributed by atoms with E-state index in [4.69, 9.17) is 14.6 Å². The minimum absolute atomic E-state index is 0.0285. The van der Waals surface area contributed by atoms with E-state index in [1.807, 2.05) is 0 Å². The number of carbonyl (C=O) groups excluding carboxylic acids is 3. The van der Waals surface area contributed by atoms with E-state index in [1.165, 1.54) is 6.20 Å². The normalized spacial score (nSPS) is 16.1. The van der Waals surface area contributed by atoms with E-state index < -0.39 is 17.5 Å². The molecule has 0 amide bonds. The average molecular weight is 507 g/mol. The van der Waals surface area contributed by atoms with Crippen LogP contribution in [0.25, 0.3) is 5.52 Å². The second-order valence-electron chi connectivity index (χ2n) is 9.08. The monoisotopic (exact) mass is 506 g/mol. The molecule has 0 atom stereocenters. The summed E-state index contributed by atoms with van der Waals surface area (Å²) >= 11 is 0. The van der Waals surface area contributed by atoms with Crippen LogP contribution in [0.1, 0.15) is 55.8 Å². The van der Waals surface area contributed by atoms with Gasteiger partial charge in [0.05, 0.1) is 30.9 Å². The highest BCUT2D eigenvalue weighted by molar-refractivity contribution is 6.31. The highest BCUT2D eigenvalue weighted by Gasteiger charge is 2.40. The molecule has 37 heavy (non-hydrogen) atoms. The first-order chi connectivity index (χ1) is 18.0. The van der Waals surface area contributed by atoms with Crippen molar-refractivity contribution in [3.05, 3.63) is 64.7 Å². The van der Waals surface area contributed by atoms with E-state index in [0.717, 1.165) is 39.1 Å². The number of hydrogen-bond acceptors (Lipinski definition) is 9. The van der Waals surface area contributed by atoms with Crippen LogP contribution < -0.4 is 4.74 Å². The fourth-order valence-electron chi connectivity index (χ4n) is 5.10. The van der Waals surface area contributed by atoms with Gasteiger partial charge in [0.1, 0.15) is 28.2 Å². The first-order valence-corrected chi connectivity index (χ1v) is 12.6. The summed E-state index contributed by atoms with van der Waals surface area (Å²) in [4.78, 5) is 48.8. The number of fused-ring (bicyclic) bond motifs is 4. The SMILES string of the molecule is CCOC(=O)c1c2c(n3cccc(OCCCN4CCN(CCO)CC4)c13)C(=O)c1ncccc1C2=O. The summed E-state index contributed by atoms with van der Waals surface area (Å²) in [7, 11) is 0. The lowest BCUT2D eigenvalue weighted by molar-refractivity contribution is 0.0525. The second-order valence-corrected chi connectivity index (χ2v) is 9.08. The Kier molecular flexibility index (Phi) is 7.31. The first-order valence-electron chi connectivity index (χ1n) is 12.6. The number of aromatic nitrogens is 2. The quantitative estimate of drug-likeness (QED) is 0.267. The third-order valence-corrected chi connectivity index (χ3v) is 6.87. The molecular formula is C27H30N4O6. The molecule has 1 N–H and O–H groups in total. The Balaban J connectivity index is 1.42. The molecule has 194 valence electrons. The van der Waals surface area contributed by atoms with Crippen molar-refractivity contribution in [2.24, 2.45) is 0 Å². The number of nitrogens with zero attached hydrogens (tertiary/aromatic N) is 4. The molecule has 0 unspecified atom stereocenters. The molecule has 3 aromatic heterocycles. The van der Waals surface area contributed by atoms with Gasteiger partial charge in [-0.3, -0.25) is 19.5 Å². The molecule has 0 spiro atoms. The van der Waals surface area contributed by atoms with Crippen molar-refractivity contribution in [1.29, 1.82) is 0 Å². The van der Waals surface area contributed by atoms with Crippen molar-refractivity contribution in [2.75, 3.05) is 59.1 Å². The lowest BCUT2D eigenvalue weighted by atomic mass is 9.89. The summed E-state index contributed by atoms with van der Waals surface area (Å²) < 4.78 is 13.0. The summed E-state index contributed by atoms with van der Waals surface area (Å²) in [5.74, 6) is -1.12. The topological polar surface area (TPSA) is 114 Å². The van der Waals surface area contributed by atoms with E-state index in [2.05, 4.69) is 14.8 Å². The van der Waals surface area contributed by atoms with Crippen LogP contribution in [0, 0.1) is 0 Å². The predicted molar refractivity (Wildman–Crippen MR) is 135 cm³/mol. The van der Waals surface area contributed by atoms with Gasteiger partial charge >= 0.3 is 5.97 Å². The van der Waals surface area contributed by atoms with E-state index in [9.17, 15) is 14.4 Å². The Morgan fingerprint density at radius 3 is 2.54 bits per heavy atom. The van der Waals surface area contributed by atoms with Crippen LogP contribution in [0.2, 0.25) is 0 Å². The second kappa shape index (κ2) is 10.8. The number of ketones is 2. The highest BCUT2D eigenvalue weighted by atomic mass is 16.5. The third kappa shape index (κ3) is 4.63. The molecule has 4 heterocycles. The van der Waals surface area contributed by atoms with Crippen molar-refractivity contribution < 1.29 is 29.0 Å². The Bertz CT molecular complexity index is 1340. The summed E-state index contributed by atoms with van der Waals surface area (Å²) in [6.07, 6.45) is 3.89. The van der Waals surface area contributed by atoms with E-state index in [-0.39, 0.29) is 41.3 Å². The van der Waals surface area contributed by atoms with Crippen molar-refractivity contribution >= 4 is 23.1 Å². The van der Waals surface area contributed by atoms with Crippen LogP contribution in [0.3, 0.4) is 0 Å². The van der Waals surface area contributed by atoms with E-state index >= 15 is 0 Å². The molecule has 0 radical (unpaired) electrons. The van der Waals surface area contributed by atoms with Gasteiger partial charge in [-0.1, -0.05) is 0 Å². The van der Waals surface area contributed by atoms with Crippen molar-refractivity contribution in [1.82, 2.24) is 19.2 Å². The Morgan fingerprint density at radius 2 is 1.81 bits per heavy atom. The predicted octanol–water partition coefficient (Wildman–Crippen LogP) is 1.67. The number of carbonyl (C=O) groups is 3. The molecular weight excluding hydrogens is 476 g/mol. The lowest BCUT2D eigenvalue weighted by Gasteiger charge is -2.34. The van der Waals surface area contributed by atoms with Gasteiger partial charge in [-0.15, -0.1) is 0 Å². The van der Waals surface area contributed by atoms with Crippen molar-refractivity contribution in [3.63, 3.8) is 0 Å². The average Bonchev–Trinajstić information content (AvgIpc) is 3.27. The van der Waals surface area contributed by atoms with E-state index in [0.29, 0.717) is 24.4 Å². The molecule has 2 aliphatic rings. The largest absolute Gasteiger partial charge is 0.491 e. The summed E-state index contributed by atoms with van der Waals surface area (Å²) in [5, 5.41) is 9.11. The standard InChI is InChI=1S/C27H30N4O6/c1-2-36-27(35)21-20-24(26(34)22-18(25(20)33)6-3-8-28-22)31-10-4-7-19(23(21)31)37-17-5-9-29-11-13-30(14-12-29)15-16-32/h3-4,6-8,10,32H,2,5,9,11-17H2,1H3. The molecule has 10 nitrogen and oxygen atoms in total. The highest BCUT2D eigenvalue weighted by Crippen LogP contribution is 2.37. The minimum Gasteiger partial charge on any atom is -0.491 e. The number of pyridine rings is 2. The molecule has 10 heteroatoms. The maximum atomic E-state index is 13.5. The Morgan fingerprint density at radius 1 is 1.05 bits per heavy atom. The van der Waals surface area contributed by atoms with Crippen LogP contribution in [0.15, 0.2) is 36.7 Å². The fraction of sp³-hybridized carbons (Fsp3) is 0.407. The molecule has 3 aromatic rings. The molecule has 1 aliphatic carbocycles. The molecule has 1 aliphatic heterocycles. The maximum absolute atomic E-state index is 13.5. The maximum Gasteiger partial charge on any atom is 0.341 e. The number of aliphatic hydroxyl groups excluding tert-OH is 1. The summed E-state index contributed by atoms with van der Waals surface area (Å²) in [5.41, 5.74) is 0.753. The van der Waals surface area contributed by atoms with Crippen LogP contribution in [0.4, 0.5) is 0 Å². The van der Waals surface area contributed by atoms with Crippen LogP contribution in [0.5, 0.6) is 5.75 Å². The number of hydrogen-bond donors (Lipinski definition) is 1. The third-order valence-electron chi connectivity index (χ3n) is 6.87. The fourth-order valence-corrected chi connectivity index (χ4v) is 5.10. The number of rotatable bonds is 9.